The largest absolute Gasteiger partial charge is 0.494 e. The molecule has 34 heavy (non-hydrogen) atoms. The third-order valence-electron chi connectivity index (χ3n) is 6.09. The fourth-order valence-electron chi connectivity index (χ4n) is 4.15. The lowest BCUT2D eigenvalue weighted by atomic mass is 9.82. The van der Waals surface area contributed by atoms with E-state index in [1.807, 2.05) is 0 Å². The molecular formula is C28H31F3O3. The minimum Gasteiger partial charge on any atom is -0.494 e. The maximum Gasteiger partial charge on any atom is 0.166 e. The average Bonchev–Trinajstić information content (AvgIpc) is 2.85. The number of hydrogen-bond donors (Lipinski definition) is 0. The quantitative estimate of drug-likeness (QED) is 0.263. The normalized spacial score (nSPS) is 18.4. The maximum atomic E-state index is 14.9. The lowest BCUT2D eigenvalue weighted by Crippen LogP contribution is -2.20. The van der Waals surface area contributed by atoms with Gasteiger partial charge in [-0.25, -0.2) is 13.2 Å². The number of allylic oxidation sites excluding steroid dienone is 1. The molecule has 0 amide bonds. The monoisotopic (exact) mass is 472 g/mol. The Labute approximate surface area is 199 Å². The van der Waals surface area contributed by atoms with Gasteiger partial charge in [-0.1, -0.05) is 37.4 Å². The molecule has 0 heterocycles. The SMILES string of the molecule is C=C(/C=C(/F)C(=C)COc1ccc(-c2ccc(C3CCC(OC)CC3)c(F)c2F)cc1)OCC. The van der Waals surface area contributed by atoms with Crippen LogP contribution in [0.1, 0.15) is 44.1 Å². The van der Waals surface area contributed by atoms with Gasteiger partial charge in [-0.3, -0.25) is 0 Å². The molecule has 1 fully saturated rings. The molecule has 0 radical (unpaired) electrons. The van der Waals surface area contributed by atoms with Crippen molar-refractivity contribution in [1.29, 1.82) is 0 Å². The van der Waals surface area contributed by atoms with Crippen LogP contribution >= 0.6 is 0 Å². The number of rotatable bonds is 10. The molecule has 0 bridgehead atoms. The summed E-state index contributed by atoms with van der Waals surface area (Å²) in [6, 6.07) is 9.84. The van der Waals surface area contributed by atoms with E-state index in [9.17, 15) is 13.2 Å². The highest BCUT2D eigenvalue weighted by Gasteiger charge is 2.26. The minimum atomic E-state index is -0.852. The molecule has 3 nitrogen and oxygen atoms in total. The molecular weight excluding hydrogens is 441 g/mol. The van der Waals surface area contributed by atoms with Gasteiger partial charge in [0.25, 0.3) is 0 Å². The van der Waals surface area contributed by atoms with Gasteiger partial charge in [-0.15, -0.1) is 0 Å². The summed E-state index contributed by atoms with van der Waals surface area (Å²) in [7, 11) is 1.68. The van der Waals surface area contributed by atoms with E-state index in [-0.39, 0.29) is 35.5 Å². The zero-order valence-electron chi connectivity index (χ0n) is 19.7. The van der Waals surface area contributed by atoms with Crippen molar-refractivity contribution in [3.05, 3.63) is 90.0 Å². The molecule has 1 saturated carbocycles. The molecule has 6 heteroatoms. The fraction of sp³-hybridized carbons (Fsp3) is 0.357. The Morgan fingerprint density at radius 2 is 1.68 bits per heavy atom. The van der Waals surface area contributed by atoms with Gasteiger partial charge in [0.1, 0.15) is 23.9 Å². The predicted octanol–water partition coefficient (Wildman–Crippen LogP) is 7.64. The van der Waals surface area contributed by atoms with Gasteiger partial charge < -0.3 is 14.2 Å². The van der Waals surface area contributed by atoms with Crippen LogP contribution in [0.4, 0.5) is 13.2 Å². The van der Waals surface area contributed by atoms with Crippen LogP contribution in [0.25, 0.3) is 11.1 Å². The Morgan fingerprint density at radius 3 is 2.29 bits per heavy atom. The zero-order valence-corrected chi connectivity index (χ0v) is 19.7. The van der Waals surface area contributed by atoms with Gasteiger partial charge >= 0.3 is 0 Å². The summed E-state index contributed by atoms with van der Waals surface area (Å²) in [5.41, 5.74) is 1.27. The summed E-state index contributed by atoms with van der Waals surface area (Å²) >= 11 is 0. The van der Waals surface area contributed by atoms with Gasteiger partial charge in [0.05, 0.1) is 12.7 Å². The van der Waals surface area contributed by atoms with E-state index in [4.69, 9.17) is 14.2 Å². The lowest BCUT2D eigenvalue weighted by Gasteiger charge is -2.28. The van der Waals surface area contributed by atoms with Crippen molar-refractivity contribution in [3.63, 3.8) is 0 Å². The number of benzene rings is 2. The number of hydrogen-bond acceptors (Lipinski definition) is 3. The Morgan fingerprint density at radius 1 is 1.00 bits per heavy atom. The molecule has 2 aromatic carbocycles. The Hall–Kier alpha value is -2.99. The third-order valence-corrected chi connectivity index (χ3v) is 6.09. The molecule has 0 spiro atoms. The summed E-state index contributed by atoms with van der Waals surface area (Å²) in [5, 5.41) is 0. The highest BCUT2D eigenvalue weighted by atomic mass is 19.2. The van der Waals surface area contributed by atoms with Crippen molar-refractivity contribution >= 4 is 0 Å². The second kappa shape index (κ2) is 11.9. The first-order chi connectivity index (χ1) is 16.3. The summed E-state index contributed by atoms with van der Waals surface area (Å²) in [4.78, 5) is 0. The van der Waals surface area contributed by atoms with Crippen LogP contribution in [0.2, 0.25) is 0 Å². The second-order valence-electron chi connectivity index (χ2n) is 8.35. The number of ether oxygens (including phenoxy) is 3. The zero-order chi connectivity index (χ0) is 24.7. The molecule has 0 N–H and O–H groups in total. The van der Waals surface area contributed by atoms with E-state index in [0.29, 0.717) is 23.5 Å². The Balaban J connectivity index is 1.65. The van der Waals surface area contributed by atoms with E-state index >= 15 is 0 Å². The van der Waals surface area contributed by atoms with Gasteiger partial charge in [0.15, 0.2) is 11.6 Å². The predicted molar refractivity (Wildman–Crippen MR) is 128 cm³/mol. The molecule has 2 aromatic rings. The smallest absolute Gasteiger partial charge is 0.166 e. The maximum absolute atomic E-state index is 14.9. The number of methoxy groups -OCH3 is 1. The van der Waals surface area contributed by atoms with Crippen LogP contribution in [0, 0.1) is 11.6 Å². The summed E-state index contributed by atoms with van der Waals surface area (Å²) in [6.07, 6.45) is 4.60. The third kappa shape index (κ3) is 6.32. The lowest BCUT2D eigenvalue weighted by molar-refractivity contribution is 0.0655. The molecule has 0 aliphatic heterocycles. The Kier molecular flexibility index (Phi) is 8.99. The van der Waals surface area contributed by atoms with Crippen molar-refractivity contribution < 1.29 is 27.4 Å². The van der Waals surface area contributed by atoms with Crippen LogP contribution in [0.5, 0.6) is 5.75 Å². The molecule has 0 aromatic heterocycles. The van der Waals surface area contributed by atoms with Crippen molar-refractivity contribution in [1.82, 2.24) is 0 Å². The van der Waals surface area contributed by atoms with Crippen LogP contribution in [-0.2, 0) is 9.47 Å². The first kappa shape index (κ1) is 25.6. The van der Waals surface area contributed by atoms with E-state index in [0.717, 1.165) is 31.8 Å². The molecule has 182 valence electrons. The second-order valence-corrected chi connectivity index (χ2v) is 8.35. The summed E-state index contributed by atoms with van der Waals surface area (Å²) in [5.74, 6) is -1.56. The van der Waals surface area contributed by atoms with E-state index in [2.05, 4.69) is 13.2 Å². The van der Waals surface area contributed by atoms with E-state index in [1.54, 1.807) is 50.4 Å². The van der Waals surface area contributed by atoms with Gasteiger partial charge in [-0.05, 0) is 61.8 Å². The highest BCUT2D eigenvalue weighted by Crippen LogP contribution is 2.37. The number of halogens is 3. The molecule has 1 aliphatic carbocycles. The first-order valence-electron chi connectivity index (χ1n) is 11.4. The summed E-state index contributed by atoms with van der Waals surface area (Å²) in [6.45, 7) is 9.34. The molecule has 0 saturated heterocycles. The van der Waals surface area contributed by atoms with Gasteiger partial charge in [0, 0.05) is 24.3 Å². The van der Waals surface area contributed by atoms with Gasteiger partial charge in [-0.2, -0.15) is 0 Å². The fourth-order valence-corrected chi connectivity index (χ4v) is 4.15. The van der Waals surface area contributed by atoms with E-state index in [1.165, 1.54) is 0 Å². The van der Waals surface area contributed by atoms with Crippen LogP contribution in [-0.4, -0.2) is 26.4 Å². The molecule has 3 rings (SSSR count). The molecule has 1 aliphatic rings. The van der Waals surface area contributed by atoms with Crippen molar-refractivity contribution in [3.8, 4) is 16.9 Å². The molecule has 0 atom stereocenters. The van der Waals surface area contributed by atoms with Crippen LogP contribution in [0.15, 0.2) is 72.8 Å². The minimum absolute atomic E-state index is 0.000950. The van der Waals surface area contributed by atoms with Crippen LogP contribution in [0.3, 0.4) is 0 Å². The summed E-state index contributed by atoms with van der Waals surface area (Å²) < 4.78 is 60.0. The molecule has 0 unspecified atom stereocenters. The van der Waals surface area contributed by atoms with Crippen molar-refractivity contribution in [2.75, 3.05) is 20.3 Å². The standard InChI is InChI=1S/C28H31F3O3/c1-5-33-19(3)16-26(29)18(2)17-34-23-12-8-21(9-13-23)25-15-14-24(27(30)28(25)31)20-6-10-22(32-4)11-7-20/h8-9,12-16,20,22H,2-3,5-7,10-11,17H2,1,4H3/b26-16+. The Bertz CT molecular complexity index is 1040. The highest BCUT2D eigenvalue weighted by molar-refractivity contribution is 5.65. The van der Waals surface area contributed by atoms with Crippen molar-refractivity contribution in [2.45, 2.75) is 44.6 Å². The first-order valence-corrected chi connectivity index (χ1v) is 11.4. The average molecular weight is 473 g/mol. The van der Waals surface area contributed by atoms with E-state index < -0.39 is 17.5 Å². The van der Waals surface area contributed by atoms with Gasteiger partial charge in [0.2, 0.25) is 0 Å². The van der Waals surface area contributed by atoms with Crippen LogP contribution < -0.4 is 4.74 Å². The topological polar surface area (TPSA) is 27.7 Å². The van der Waals surface area contributed by atoms with Crippen molar-refractivity contribution in [2.24, 2.45) is 0 Å².